The maximum Gasteiger partial charge on any atom is 0.107 e. The van der Waals surface area contributed by atoms with E-state index in [0.717, 1.165) is 19.3 Å². The zero-order valence-electron chi connectivity index (χ0n) is 7.86. The molecule has 0 spiro atoms. The summed E-state index contributed by atoms with van der Waals surface area (Å²) in [5.74, 6) is 1.06. The Bertz CT molecular complexity index is 159. The van der Waals surface area contributed by atoms with Gasteiger partial charge in [0.05, 0.1) is 0 Å². The number of hydrogen-bond acceptors (Lipinski definition) is 3. The van der Waals surface area contributed by atoms with Crippen molar-refractivity contribution in [1.29, 1.82) is 0 Å². The SMILES string of the molecule is CC(C)C1CCCC(N=O)C1N. The molecule has 3 nitrogen and oxygen atoms in total. The fraction of sp³-hybridized carbons (Fsp3) is 1.00. The van der Waals surface area contributed by atoms with E-state index in [-0.39, 0.29) is 12.1 Å². The number of nitrogens with two attached hydrogens (primary N) is 1. The van der Waals surface area contributed by atoms with Gasteiger partial charge < -0.3 is 5.73 Å². The Hall–Kier alpha value is -0.440. The Labute approximate surface area is 73.7 Å². The van der Waals surface area contributed by atoms with Crippen LogP contribution in [0.15, 0.2) is 5.18 Å². The fourth-order valence-electron chi connectivity index (χ4n) is 2.13. The minimum absolute atomic E-state index is 0.00347. The highest BCUT2D eigenvalue weighted by atomic mass is 16.3. The van der Waals surface area contributed by atoms with Crippen molar-refractivity contribution in [2.75, 3.05) is 0 Å². The molecule has 0 bridgehead atoms. The predicted molar refractivity (Wildman–Crippen MR) is 49.7 cm³/mol. The van der Waals surface area contributed by atoms with Gasteiger partial charge in [-0.1, -0.05) is 25.4 Å². The summed E-state index contributed by atoms with van der Waals surface area (Å²) in [5.41, 5.74) is 5.94. The molecule has 3 unspecified atom stereocenters. The van der Waals surface area contributed by atoms with Crippen LogP contribution in [-0.4, -0.2) is 12.1 Å². The molecule has 0 aliphatic heterocycles. The second-order valence-corrected chi connectivity index (χ2v) is 4.09. The van der Waals surface area contributed by atoms with E-state index in [9.17, 15) is 4.91 Å². The molecule has 0 heterocycles. The molecule has 1 aliphatic rings. The van der Waals surface area contributed by atoms with E-state index >= 15 is 0 Å². The predicted octanol–water partition coefficient (Wildman–Crippen LogP) is 1.90. The van der Waals surface area contributed by atoms with Gasteiger partial charge >= 0.3 is 0 Å². The number of rotatable bonds is 2. The standard InChI is InChI=1S/C9H18N2O/c1-6(2)7-4-3-5-8(11-12)9(7)10/h6-9H,3-5,10H2,1-2H3. The Morgan fingerprint density at radius 1 is 1.42 bits per heavy atom. The van der Waals surface area contributed by atoms with Crippen molar-refractivity contribution in [1.82, 2.24) is 0 Å². The molecular weight excluding hydrogens is 152 g/mol. The summed E-state index contributed by atoms with van der Waals surface area (Å²) < 4.78 is 0. The van der Waals surface area contributed by atoms with Gasteiger partial charge in [-0.15, -0.1) is 0 Å². The number of nitroso groups, excluding NO2 is 1. The molecule has 2 N–H and O–H groups in total. The van der Waals surface area contributed by atoms with Gasteiger partial charge in [-0.25, -0.2) is 0 Å². The third-order valence-corrected chi connectivity index (χ3v) is 2.97. The topological polar surface area (TPSA) is 55.5 Å². The Morgan fingerprint density at radius 3 is 2.58 bits per heavy atom. The molecule has 0 amide bonds. The van der Waals surface area contributed by atoms with Crippen molar-refractivity contribution in [3.63, 3.8) is 0 Å². The lowest BCUT2D eigenvalue weighted by Crippen LogP contribution is -2.45. The van der Waals surface area contributed by atoms with Gasteiger partial charge in [-0.2, -0.15) is 4.91 Å². The van der Waals surface area contributed by atoms with Gasteiger partial charge in [0.1, 0.15) is 6.04 Å². The van der Waals surface area contributed by atoms with Crippen molar-refractivity contribution >= 4 is 0 Å². The minimum Gasteiger partial charge on any atom is -0.325 e. The third-order valence-electron chi connectivity index (χ3n) is 2.97. The largest absolute Gasteiger partial charge is 0.325 e. The van der Waals surface area contributed by atoms with Crippen molar-refractivity contribution in [2.45, 2.75) is 45.2 Å². The van der Waals surface area contributed by atoms with Gasteiger partial charge in [0, 0.05) is 6.04 Å². The van der Waals surface area contributed by atoms with Crippen molar-refractivity contribution in [2.24, 2.45) is 22.7 Å². The summed E-state index contributed by atoms with van der Waals surface area (Å²) in [4.78, 5) is 10.4. The number of nitrogens with zero attached hydrogens (tertiary/aromatic N) is 1. The molecule has 1 saturated carbocycles. The molecule has 3 atom stereocenters. The van der Waals surface area contributed by atoms with E-state index in [1.54, 1.807) is 0 Å². The van der Waals surface area contributed by atoms with Crippen LogP contribution in [0.5, 0.6) is 0 Å². The van der Waals surface area contributed by atoms with Gasteiger partial charge in [0.15, 0.2) is 0 Å². The van der Waals surface area contributed by atoms with Gasteiger partial charge in [0.25, 0.3) is 0 Å². The molecule has 0 aromatic carbocycles. The lowest BCUT2D eigenvalue weighted by Gasteiger charge is -2.34. The molecule has 3 heteroatoms. The average Bonchev–Trinajstić information content (AvgIpc) is 2.04. The van der Waals surface area contributed by atoms with E-state index in [1.807, 2.05) is 0 Å². The van der Waals surface area contributed by atoms with Crippen LogP contribution in [0.25, 0.3) is 0 Å². The lowest BCUT2D eigenvalue weighted by molar-refractivity contribution is 0.216. The van der Waals surface area contributed by atoms with Gasteiger partial charge in [0.2, 0.25) is 0 Å². The minimum atomic E-state index is -0.133. The maximum absolute atomic E-state index is 10.4. The van der Waals surface area contributed by atoms with E-state index in [2.05, 4.69) is 19.0 Å². The summed E-state index contributed by atoms with van der Waals surface area (Å²) in [6.45, 7) is 4.33. The molecule has 1 fully saturated rings. The van der Waals surface area contributed by atoms with Crippen LogP contribution < -0.4 is 5.73 Å². The second-order valence-electron chi connectivity index (χ2n) is 4.09. The lowest BCUT2D eigenvalue weighted by atomic mass is 9.76. The second kappa shape index (κ2) is 3.99. The maximum atomic E-state index is 10.4. The molecule has 70 valence electrons. The van der Waals surface area contributed by atoms with E-state index in [0.29, 0.717) is 11.8 Å². The van der Waals surface area contributed by atoms with Crippen LogP contribution in [0, 0.1) is 16.7 Å². The highest BCUT2D eigenvalue weighted by Crippen LogP contribution is 2.30. The molecule has 0 aromatic rings. The van der Waals surface area contributed by atoms with Crippen molar-refractivity contribution < 1.29 is 0 Å². The highest BCUT2D eigenvalue weighted by molar-refractivity contribution is 4.90. The molecule has 0 radical (unpaired) electrons. The summed E-state index contributed by atoms with van der Waals surface area (Å²) in [6, 6.07) is -0.137. The molecule has 1 rings (SSSR count). The van der Waals surface area contributed by atoms with Crippen LogP contribution in [0.4, 0.5) is 0 Å². The molecule has 1 aliphatic carbocycles. The number of hydrogen-bond donors (Lipinski definition) is 1. The smallest absolute Gasteiger partial charge is 0.107 e. The summed E-state index contributed by atoms with van der Waals surface area (Å²) in [5, 5.41) is 3.09. The first-order chi connectivity index (χ1) is 5.66. The molecule has 0 saturated heterocycles. The third kappa shape index (κ3) is 1.83. The molecule has 12 heavy (non-hydrogen) atoms. The average molecular weight is 170 g/mol. The molecule has 0 aromatic heterocycles. The Balaban J connectivity index is 2.58. The van der Waals surface area contributed by atoms with E-state index < -0.39 is 0 Å². The Morgan fingerprint density at radius 2 is 2.08 bits per heavy atom. The van der Waals surface area contributed by atoms with Gasteiger partial charge in [-0.05, 0) is 24.7 Å². The first-order valence-electron chi connectivity index (χ1n) is 4.75. The summed E-state index contributed by atoms with van der Waals surface area (Å²) >= 11 is 0. The monoisotopic (exact) mass is 170 g/mol. The Kier molecular flexibility index (Phi) is 3.20. The summed E-state index contributed by atoms with van der Waals surface area (Å²) in [6.07, 6.45) is 3.14. The van der Waals surface area contributed by atoms with E-state index in [4.69, 9.17) is 5.73 Å². The van der Waals surface area contributed by atoms with Crippen LogP contribution in [0.1, 0.15) is 33.1 Å². The van der Waals surface area contributed by atoms with Crippen molar-refractivity contribution in [3.05, 3.63) is 4.91 Å². The van der Waals surface area contributed by atoms with Crippen LogP contribution >= 0.6 is 0 Å². The quantitative estimate of drug-likeness (QED) is 0.643. The first kappa shape index (κ1) is 9.65. The highest BCUT2D eigenvalue weighted by Gasteiger charge is 2.32. The van der Waals surface area contributed by atoms with Crippen molar-refractivity contribution in [3.8, 4) is 0 Å². The first-order valence-corrected chi connectivity index (χ1v) is 4.75. The normalized spacial score (nSPS) is 36.8. The zero-order valence-corrected chi connectivity index (χ0v) is 7.86. The van der Waals surface area contributed by atoms with E-state index in [1.165, 1.54) is 0 Å². The van der Waals surface area contributed by atoms with Crippen LogP contribution in [0.2, 0.25) is 0 Å². The fourth-order valence-corrected chi connectivity index (χ4v) is 2.13. The molecular formula is C9H18N2O. The van der Waals surface area contributed by atoms with Crippen LogP contribution in [0.3, 0.4) is 0 Å². The zero-order chi connectivity index (χ0) is 9.14. The van der Waals surface area contributed by atoms with Gasteiger partial charge in [-0.3, -0.25) is 0 Å². The van der Waals surface area contributed by atoms with Crippen LogP contribution in [-0.2, 0) is 0 Å². The summed E-state index contributed by atoms with van der Waals surface area (Å²) in [7, 11) is 0.